The maximum atomic E-state index is 13.6. The molecule has 2 heterocycles. The van der Waals surface area contributed by atoms with Crippen molar-refractivity contribution in [2.45, 2.75) is 19.5 Å². The van der Waals surface area contributed by atoms with E-state index in [1.54, 1.807) is 18.2 Å². The predicted molar refractivity (Wildman–Crippen MR) is 88.5 cm³/mol. The monoisotopic (exact) mass is 325 g/mol. The number of halogens is 2. The second-order valence-electron chi connectivity index (χ2n) is 6.00. The van der Waals surface area contributed by atoms with Gasteiger partial charge in [0.25, 0.3) is 0 Å². The molecule has 0 unspecified atom stereocenters. The van der Waals surface area contributed by atoms with Gasteiger partial charge in [-0.2, -0.15) is 5.10 Å². The quantitative estimate of drug-likeness (QED) is 0.798. The van der Waals surface area contributed by atoms with Crippen molar-refractivity contribution >= 4 is 0 Å². The SMILES string of the molecule is Fc1ccc(Cn2nc(-c3cccc(F)c3)c3c2CCNC3)cc1. The molecule has 0 fully saturated rings. The fourth-order valence-corrected chi connectivity index (χ4v) is 3.18. The third-order valence-electron chi connectivity index (χ3n) is 4.35. The third kappa shape index (κ3) is 2.83. The summed E-state index contributed by atoms with van der Waals surface area (Å²) in [6, 6.07) is 13.0. The molecule has 1 aliphatic rings. The van der Waals surface area contributed by atoms with Gasteiger partial charge in [0.05, 0.1) is 12.2 Å². The molecule has 1 aromatic heterocycles. The Morgan fingerprint density at radius 3 is 2.67 bits per heavy atom. The number of aromatic nitrogens is 2. The summed E-state index contributed by atoms with van der Waals surface area (Å²) in [6.45, 7) is 2.20. The average molecular weight is 325 g/mol. The highest BCUT2D eigenvalue weighted by Crippen LogP contribution is 2.28. The number of nitrogens with one attached hydrogen (secondary N) is 1. The van der Waals surface area contributed by atoms with Crippen LogP contribution in [-0.2, 0) is 19.5 Å². The molecular formula is C19H17F2N3. The lowest BCUT2D eigenvalue weighted by Crippen LogP contribution is -2.25. The van der Waals surface area contributed by atoms with Crippen LogP contribution in [0, 0.1) is 11.6 Å². The molecule has 0 atom stereocenters. The Morgan fingerprint density at radius 2 is 1.88 bits per heavy atom. The molecule has 3 aromatic rings. The Bertz CT molecular complexity index is 869. The highest BCUT2D eigenvalue weighted by atomic mass is 19.1. The molecule has 4 rings (SSSR count). The summed E-state index contributed by atoms with van der Waals surface area (Å²) < 4.78 is 28.6. The maximum Gasteiger partial charge on any atom is 0.123 e. The third-order valence-corrected chi connectivity index (χ3v) is 4.35. The topological polar surface area (TPSA) is 29.9 Å². The van der Waals surface area contributed by atoms with Crippen LogP contribution in [0.1, 0.15) is 16.8 Å². The molecule has 122 valence electrons. The summed E-state index contributed by atoms with van der Waals surface area (Å²) in [7, 11) is 0. The lowest BCUT2D eigenvalue weighted by Gasteiger charge is -2.15. The zero-order valence-corrected chi connectivity index (χ0v) is 13.1. The Hall–Kier alpha value is -2.53. The molecule has 2 aromatic carbocycles. The molecule has 0 spiro atoms. The van der Waals surface area contributed by atoms with Crippen molar-refractivity contribution in [2.24, 2.45) is 0 Å². The first-order chi connectivity index (χ1) is 11.7. The maximum absolute atomic E-state index is 13.6. The van der Waals surface area contributed by atoms with Crippen molar-refractivity contribution in [1.82, 2.24) is 15.1 Å². The molecule has 24 heavy (non-hydrogen) atoms. The van der Waals surface area contributed by atoms with E-state index in [1.807, 2.05) is 10.7 Å². The summed E-state index contributed by atoms with van der Waals surface area (Å²) in [4.78, 5) is 0. The van der Waals surface area contributed by atoms with Crippen molar-refractivity contribution < 1.29 is 8.78 Å². The minimum Gasteiger partial charge on any atom is -0.312 e. The van der Waals surface area contributed by atoms with Crippen molar-refractivity contribution in [2.75, 3.05) is 6.54 Å². The average Bonchev–Trinajstić information content (AvgIpc) is 2.96. The molecule has 0 amide bonds. The van der Waals surface area contributed by atoms with Crippen LogP contribution in [0.15, 0.2) is 48.5 Å². The van der Waals surface area contributed by atoms with E-state index in [1.165, 1.54) is 24.3 Å². The van der Waals surface area contributed by atoms with Gasteiger partial charge < -0.3 is 5.32 Å². The van der Waals surface area contributed by atoms with E-state index in [9.17, 15) is 8.78 Å². The molecule has 0 saturated heterocycles. The van der Waals surface area contributed by atoms with Crippen LogP contribution in [0.25, 0.3) is 11.3 Å². The molecule has 3 nitrogen and oxygen atoms in total. The van der Waals surface area contributed by atoms with E-state index >= 15 is 0 Å². The second-order valence-corrected chi connectivity index (χ2v) is 6.00. The number of hydrogen-bond donors (Lipinski definition) is 1. The minimum atomic E-state index is -0.266. The van der Waals surface area contributed by atoms with Crippen LogP contribution in [0.2, 0.25) is 0 Å². The van der Waals surface area contributed by atoms with Crippen molar-refractivity contribution in [3.8, 4) is 11.3 Å². The second kappa shape index (κ2) is 6.17. The molecule has 1 aliphatic heterocycles. The van der Waals surface area contributed by atoms with Crippen molar-refractivity contribution in [3.05, 3.63) is 77.0 Å². The summed E-state index contributed by atoms with van der Waals surface area (Å²) in [5.74, 6) is -0.510. The van der Waals surface area contributed by atoms with Crippen LogP contribution in [-0.4, -0.2) is 16.3 Å². The van der Waals surface area contributed by atoms with Crippen LogP contribution >= 0.6 is 0 Å². The van der Waals surface area contributed by atoms with Gasteiger partial charge in [-0.1, -0.05) is 24.3 Å². The Morgan fingerprint density at radius 1 is 1.04 bits per heavy atom. The van der Waals surface area contributed by atoms with Gasteiger partial charge in [-0.15, -0.1) is 0 Å². The lowest BCUT2D eigenvalue weighted by atomic mass is 10.0. The van der Waals surface area contributed by atoms with Crippen LogP contribution < -0.4 is 5.32 Å². The van der Waals surface area contributed by atoms with E-state index in [2.05, 4.69) is 5.32 Å². The van der Waals surface area contributed by atoms with Crippen LogP contribution in [0.3, 0.4) is 0 Å². The molecule has 1 N–H and O–H groups in total. The first kappa shape index (κ1) is 15.0. The van der Waals surface area contributed by atoms with Gasteiger partial charge in [0.2, 0.25) is 0 Å². The van der Waals surface area contributed by atoms with Crippen LogP contribution in [0.5, 0.6) is 0 Å². The minimum absolute atomic E-state index is 0.245. The Labute approximate surface area is 138 Å². The van der Waals surface area contributed by atoms with Gasteiger partial charge in [-0.3, -0.25) is 4.68 Å². The van der Waals surface area contributed by atoms with Crippen molar-refractivity contribution in [1.29, 1.82) is 0 Å². The van der Waals surface area contributed by atoms with E-state index in [0.29, 0.717) is 6.54 Å². The van der Waals surface area contributed by atoms with E-state index in [-0.39, 0.29) is 11.6 Å². The largest absolute Gasteiger partial charge is 0.312 e. The number of nitrogens with zero attached hydrogens (tertiary/aromatic N) is 2. The number of hydrogen-bond acceptors (Lipinski definition) is 2. The first-order valence-electron chi connectivity index (χ1n) is 8.00. The van der Waals surface area contributed by atoms with Gasteiger partial charge in [0.1, 0.15) is 11.6 Å². The van der Waals surface area contributed by atoms with Crippen LogP contribution in [0.4, 0.5) is 8.78 Å². The normalized spacial score (nSPS) is 13.8. The van der Waals surface area contributed by atoms with Gasteiger partial charge in [0, 0.05) is 36.3 Å². The number of fused-ring (bicyclic) bond motifs is 1. The highest BCUT2D eigenvalue weighted by molar-refractivity contribution is 5.64. The summed E-state index contributed by atoms with van der Waals surface area (Å²) in [6.07, 6.45) is 0.874. The standard InChI is InChI=1S/C19H17F2N3/c20-15-6-4-13(5-7-15)12-24-18-8-9-22-11-17(18)19(23-24)14-2-1-3-16(21)10-14/h1-7,10,22H,8-9,11-12H2. The zero-order valence-electron chi connectivity index (χ0n) is 13.1. The van der Waals surface area contributed by atoms with Gasteiger partial charge in [0.15, 0.2) is 0 Å². The molecule has 5 heteroatoms. The number of benzene rings is 2. The van der Waals surface area contributed by atoms with Gasteiger partial charge >= 0.3 is 0 Å². The van der Waals surface area contributed by atoms with E-state index < -0.39 is 0 Å². The smallest absolute Gasteiger partial charge is 0.123 e. The molecule has 0 saturated carbocycles. The van der Waals surface area contributed by atoms with Crippen molar-refractivity contribution in [3.63, 3.8) is 0 Å². The zero-order chi connectivity index (χ0) is 16.5. The molecular weight excluding hydrogens is 308 g/mol. The number of rotatable bonds is 3. The fourth-order valence-electron chi connectivity index (χ4n) is 3.18. The summed E-state index contributed by atoms with van der Waals surface area (Å²) in [5, 5.41) is 8.09. The Balaban J connectivity index is 1.76. The van der Waals surface area contributed by atoms with E-state index in [0.717, 1.165) is 47.6 Å². The van der Waals surface area contributed by atoms with Gasteiger partial charge in [-0.05, 0) is 29.8 Å². The Kier molecular flexibility index (Phi) is 3.86. The molecule has 0 bridgehead atoms. The first-order valence-corrected chi connectivity index (χ1v) is 8.00. The summed E-state index contributed by atoms with van der Waals surface area (Å²) in [5.41, 5.74) is 4.88. The predicted octanol–water partition coefficient (Wildman–Crippen LogP) is 3.52. The van der Waals surface area contributed by atoms with E-state index in [4.69, 9.17) is 5.10 Å². The lowest BCUT2D eigenvalue weighted by molar-refractivity contribution is 0.581. The summed E-state index contributed by atoms with van der Waals surface area (Å²) >= 11 is 0. The van der Waals surface area contributed by atoms with Gasteiger partial charge in [-0.25, -0.2) is 8.78 Å². The fraction of sp³-hybridized carbons (Fsp3) is 0.211. The highest BCUT2D eigenvalue weighted by Gasteiger charge is 2.21. The molecule has 0 aliphatic carbocycles. The molecule has 0 radical (unpaired) electrons.